The summed E-state index contributed by atoms with van der Waals surface area (Å²) in [6, 6.07) is 0.720. The van der Waals surface area contributed by atoms with Gasteiger partial charge in [-0.25, -0.2) is 0 Å². The summed E-state index contributed by atoms with van der Waals surface area (Å²) in [5.74, 6) is 0.383. The number of amides is 1. The Balaban J connectivity index is 2.07. The first-order chi connectivity index (χ1) is 6.61. The van der Waals surface area contributed by atoms with Gasteiger partial charge in [0.25, 0.3) is 0 Å². The van der Waals surface area contributed by atoms with Crippen LogP contribution in [0.2, 0.25) is 0 Å². The van der Waals surface area contributed by atoms with Crippen molar-refractivity contribution in [3.05, 3.63) is 0 Å². The van der Waals surface area contributed by atoms with Crippen molar-refractivity contribution in [3.8, 4) is 0 Å². The molecule has 0 saturated carbocycles. The molecular weight excluding hydrogens is 176 g/mol. The highest BCUT2D eigenvalue weighted by molar-refractivity contribution is 5.77. The third-order valence-corrected chi connectivity index (χ3v) is 2.84. The minimum absolute atomic E-state index is 0.127. The van der Waals surface area contributed by atoms with Gasteiger partial charge in [0.2, 0.25) is 5.91 Å². The monoisotopic (exact) mass is 198 g/mol. The molecule has 0 aromatic rings. The van der Waals surface area contributed by atoms with E-state index in [0.717, 1.165) is 19.0 Å². The minimum atomic E-state index is 0.127. The smallest absolute Gasteiger partial charge is 0.224 e. The summed E-state index contributed by atoms with van der Waals surface area (Å²) in [6.45, 7) is 5.97. The summed E-state index contributed by atoms with van der Waals surface area (Å²) >= 11 is 0. The molecule has 1 rings (SSSR count). The Bertz CT molecular complexity index is 188. The molecule has 14 heavy (non-hydrogen) atoms. The topological polar surface area (TPSA) is 32.3 Å². The molecule has 0 spiro atoms. The fraction of sp³-hybridized carbons (Fsp3) is 0.909. The van der Waals surface area contributed by atoms with E-state index < -0.39 is 0 Å². The number of carbonyl (C=O) groups excluding carboxylic acids is 1. The zero-order chi connectivity index (χ0) is 10.6. The van der Waals surface area contributed by atoms with Crippen LogP contribution in [-0.2, 0) is 4.79 Å². The SMILES string of the molecule is CC(C)C(=O)N(C)CCCC1CCN1. The first-order valence-corrected chi connectivity index (χ1v) is 5.59. The molecule has 1 atom stereocenters. The lowest BCUT2D eigenvalue weighted by atomic mass is 10.0. The van der Waals surface area contributed by atoms with Crippen molar-refractivity contribution in [2.45, 2.75) is 39.2 Å². The van der Waals surface area contributed by atoms with Gasteiger partial charge < -0.3 is 10.2 Å². The lowest BCUT2D eigenvalue weighted by Crippen LogP contribution is -2.43. The highest BCUT2D eigenvalue weighted by Crippen LogP contribution is 2.09. The van der Waals surface area contributed by atoms with Crippen molar-refractivity contribution in [1.82, 2.24) is 10.2 Å². The molecule has 1 heterocycles. The van der Waals surface area contributed by atoms with Crippen LogP contribution >= 0.6 is 0 Å². The molecule has 3 nitrogen and oxygen atoms in total. The number of hydrogen-bond donors (Lipinski definition) is 1. The van der Waals surface area contributed by atoms with Crippen molar-refractivity contribution < 1.29 is 4.79 Å². The number of carbonyl (C=O) groups is 1. The predicted octanol–water partition coefficient (Wildman–Crippen LogP) is 1.24. The van der Waals surface area contributed by atoms with Crippen LogP contribution in [0.4, 0.5) is 0 Å². The second kappa shape index (κ2) is 5.35. The van der Waals surface area contributed by atoms with Gasteiger partial charge in [-0.1, -0.05) is 13.8 Å². The van der Waals surface area contributed by atoms with Crippen molar-refractivity contribution in [2.75, 3.05) is 20.1 Å². The van der Waals surface area contributed by atoms with Gasteiger partial charge in [-0.2, -0.15) is 0 Å². The van der Waals surface area contributed by atoms with E-state index in [1.807, 2.05) is 25.8 Å². The number of nitrogens with one attached hydrogen (secondary N) is 1. The molecule has 1 aliphatic rings. The zero-order valence-electron chi connectivity index (χ0n) is 9.55. The number of hydrogen-bond acceptors (Lipinski definition) is 2. The number of nitrogens with zero attached hydrogens (tertiary/aromatic N) is 1. The highest BCUT2D eigenvalue weighted by Gasteiger charge is 2.17. The predicted molar refractivity (Wildman–Crippen MR) is 58.1 cm³/mol. The second-order valence-corrected chi connectivity index (χ2v) is 4.50. The standard InChI is InChI=1S/C11H22N2O/c1-9(2)11(14)13(3)8-4-5-10-6-7-12-10/h9-10,12H,4-8H2,1-3H3. The Morgan fingerprint density at radius 1 is 1.57 bits per heavy atom. The van der Waals surface area contributed by atoms with E-state index in [9.17, 15) is 4.79 Å². The van der Waals surface area contributed by atoms with E-state index >= 15 is 0 Å². The van der Waals surface area contributed by atoms with Crippen molar-refractivity contribution in [3.63, 3.8) is 0 Å². The third-order valence-electron chi connectivity index (χ3n) is 2.84. The Morgan fingerprint density at radius 2 is 2.21 bits per heavy atom. The molecule has 1 unspecified atom stereocenters. The molecule has 1 aliphatic heterocycles. The molecule has 3 heteroatoms. The van der Waals surface area contributed by atoms with Crippen LogP contribution in [0.1, 0.15) is 33.1 Å². The third kappa shape index (κ3) is 3.29. The summed E-state index contributed by atoms with van der Waals surface area (Å²) in [5.41, 5.74) is 0. The Morgan fingerprint density at radius 3 is 2.64 bits per heavy atom. The molecule has 0 aromatic heterocycles. The lowest BCUT2D eigenvalue weighted by molar-refractivity contribution is -0.133. The average Bonchev–Trinajstić information content (AvgIpc) is 2.07. The van der Waals surface area contributed by atoms with Gasteiger partial charge in [0.05, 0.1) is 0 Å². The van der Waals surface area contributed by atoms with E-state index in [1.165, 1.54) is 19.4 Å². The zero-order valence-corrected chi connectivity index (χ0v) is 9.55. The fourth-order valence-corrected chi connectivity index (χ4v) is 1.72. The maximum atomic E-state index is 11.5. The van der Waals surface area contributed by atoms with Crippen LogP contribution in [0, 0.1) is 5.92 Å². The van der Waals surface area contributed by atoms with Crippen LogP contribution in [-0.4, -0.2) is 37.0 Å². The van der Waals surface area contributed by atoms with Crippen LogP contribution in [0.25, 0.3) is 0 Å². The van der Waals surface area contributed by atoms with Gasteiger partial charge in [-0.15, -0.1) is 0 Å². The normalized spacial score (nSPS) is 20.7. The van der Waals surface area contributed by atoms with Crippen LogP contribution in [0.15, 0.2) is 0 Å². The minimum Gasteiger partial charge on any atom is -0.346 e. The Kier molecular flexibility index (Phi) is 4.39. The van der Waals surface area contributed by atoms with Crippen LogP contribution in [0.5, 0.6) is 0 Å². The molecule has 0 radical (unpaired) electrons. The van der Waals surface area contributed by atoms with E-state index in [-0.39, 0.29) is 11.8 Å². The van der Waals surface area contributed by atoms with Gasteiger partial charge in [0.15, 0.2) is 0 Å². The summed E-state index contributed by atoms with van der Waals surface area (Å²) in [6.07, 6.45) is 3.63. The molecule has 1 saturated heterocycles. The van der Waals surface area contributed by atoms with Crippen molar-refractivity contribution in [2.24, 2.45) is 5.92 Å². The van der Waals surface area contributed by atoms with Gasteiger partial charge in [0.1, 0.15) is 0 Å². The largest absolute Gasteiger partial charge is 0.346 e. The second-order valence-electron chi connectivity index (χ2n) is 4.50. The summed E-state index contributed by atoms with van der Waals surface area (Å²) in [5, 5.41) is 3.37. The molecule has 82 valence electrons. The van der Waals surface area contributed by atoms with Crippen LogP contribution in [0.3, 0.4) is 0 Å². The fourth-order valence-electron chi connectivity index (χ4n) is 1.72. The Labute approximate surface area is 86.9 Å². The van der Waals surface area contributed by atoms with E-state index in [4.69, 9.17) is 0 Å². The van der Waals surface area contributed by atoms with E-state index in [2.05, 4.69) is 5.32 Å². The molecular formula is C11H22N2O. The molecule has 0 bridgehead atoms. The van der Waals surface area contributed by atoms with Crippen LogP contribution < -0.4 is 5.32 Å². The molecule has 0 aliphatic carbocycles. The van der Waals surface area contributed by atoms with Gasteiger partial charge >= 0.3 is 0 Å². The van der Waals surface area contributed by atoms with Crippen molar-refractivity contribution >= 4 is 5.91 Å². The Hall–Kier alpha value is -0.570. The lowest BCUT2D eigenvalue weighted by Gasteiger charge is -2.28. The maximum absolute atomic E-state index is 11.5. The molecule has 1 fully saturated rings. The van der Waals surface area contributed by atoms with Gasteiger partial charge in [-0.05, 0) is 25.8 Å². The molecule has 1 amide bonds. The van der Waals surface area contributed by atoms with Gasteiger partial charge in [-0.3, -0.25) is 4.79 Å². The molecule has 0 aromatic carbocycles. The summed E-state index contributed by atoms with van der Waals surface area (Å²) < 4.78 is 0. The average molecular weight is 198 g/mol. The van der Waals surface area contributed by atoms with E-state index in [1.54, 1.807) is 0 Å². The summed E-state index contributed by atoms with van der Waals surface area (Å²) in [7, 11) is 1.90. The quantitative estimate of drug-likeness (QED) is 0.721. The van der Waals surface area contributed by atoms with Crippen molar-refractivity contribution in [1.29, 1.82) is 0 Å². The molecule has 1 N–H and O–H groups in total. The summed E-state index contributed by atoms with van der Waals surface area (Å²) in [4.78, 5) is 13.4. The van der Waals surface area contributed by atoms with Gasteiger partial charge in [0, 0.05) is 25.6 Å². The first kappa shape index (κ1) is 11.5. The highest BCUT2D eigenvalue weighted by atomic mass is 16.2. The first-order valence-electron chi connectivity index (χ1n) is 5.59. The number of rotatable bonds is 5. The maximum Gasteiger partial charge on any atom is 0.224 e. The van der Waals surface area contributed by atoms with E-state index in [0.29, 0.717) is 0 Å².